The van der Waals surface area contributed by atoms with Gasteiger partial charge in [0.1, 0.15) is 17.3 Å². The predicted octanol–water partition coefficient (Wildman–Crippen LogP) is 9.31. The first-order chi connectivity index (χ1) is 28.5. The highest BCUT2D eigenvalue weighted by atomic mass is 35.5. The Morgan fingerprint density at radius 1 is 0.754 bits per heavy atom. The Morgan fingerprint density at radius 2 is 1.38 bits per heavy atom. The van der Waals surface area contributed by atoms with Crippen LogP contribution in [-0.2, 0) is 36.9 Å². The van der Waals surface area contributed by atoms with E-state index in [1.807, 2.05) is 0 Å². The van der Waals surface area contributed by atoms with Crippen LogP contribution in [0.25, 0.3) is 0 Å². The van der Waals surface area contributed by atoms with E-state index in [2.05, 4.69) is 10.2 Å². The second-order valence-electron chi connectivity index (χ2n) is 14.9. The SMILES string of the molecule is O=C1C2CC3C(=CCC4C(=O)N(c5cc(C(F)(F)F)cc(C(F)(F)F)c5)C(=O)C43)C(c3cc(OC(F)(F)F)ccc3O)C2(c2ccc(Cl)cc2)C(=O)N1Nc1ccc(F)cc1. The van der Waals surface area contributed by atoms with Gasteiger partial charge < -0.3 is 9.84 Å². The number of anilines is 2. The lowest BCUT2D eigenvalue weighted by atomic mass is 9.49. The minimum Gasteiger partial charge on any atom is -0.508 e. The summed E-state index contributed by atoms with van der Waals surface area (Å²) in [6.45, 7) is 0. The molecule has 6 unspecified atom stereocenters. The molecule has 2 aliphatic heterocycles. The van der Waals surface area contributed by atoms with Crippen LogP contribution in [0, 0.1) is 29.5 Å². The van der Waals surface area contributed by atoms with Crippen molar-refractivity contribution < 1.29 is 72.9 Å². The number of carbonyl (C=O) groups excluding carboxylic acids is 4. The van der Waals surface area contributed by atoms with Crippen LogP contribution >= 0.6 is 11.6 Å². The van der Waals surface area contributed by atoms with E-state index in [4.69, 9.17) is 11.6 Å². The number of hydrazine groups is 1. The zero-order chi connectivity index (χ0) is 44.1. The van der Waals surface area contributed by atoms with Crippen molar-refractivity contribution >= 4 is 46.6 Å². The maximum atomic E-state index is 15.2. The summed E-state index contributed by atoms with van der Waals surface area (Å²) < 4.78 is 142. The van der Waals surface area contributed by atoms with Gasteiger partial charge in [-0.2, -0.15) is 31.4 Å². The number of phenolic OH excluding ortho intramolecular Hbond substituents is 1. The van der Waals surface area contributed by atoms with Crippen LogP contribution in [0.15, 0.2) is 96.6 Å². The maximum Gasteiger partial charge on any atom is 0.573 e. The molecule has 2 N–H and O–H groups in total. The van der Waals surface area contributed by atoms with E-state index in [0.29, 0.717) is 5.01 Å². The number of rotatable bonds is 6. The summed E-state index contributed by atoms with van der Waals surface area (Å²) in [5, 5.41) is 12.2. The minimum absolute atomic E-state index is 0.0243. The number of benzene rings is 4. The van der Waals surface area contributed by atoms with Gasteiger partial charge in [-0.25, -0.2) is 9.29 Å². The number of imide groups is 2. The van der Waals surface area contributed by atoms with E-state index < -0.39 is 130 Å². The average Bonchev–Trinajstić information content (AvgIpc) is 3.56. The molecule has 4 aromatic rings. The molecule has 4 aromatic carbocycles. The van der Waals surface area contributed by atoms with Crippen molar-refractivity contribution in [3.63, 3.8) is 0 Å². The van der Waals surface area contributed by atoms with Crippen molar-refractivity contribution in [2.45, 2.75) is 42.9 Å². The molecule has 0 aromatic heterocycles. The predicted molar refractivity (Wildman–Crippen MR) is 193 cm³/mol. The Kier molecular flexibility index (Phi) is 9.72. The molecule has 0 radical (unpaired) electrons. The lowest BCUT2D eigenvalue weighted by Gasteiger charge is -2.50. The van der Waals surface area contributed by atoms with Gasteiger partial charge in [-0.05, 0) is 97.1 Å². The van der Waals surface area contributed by atoms with Gasteiger partial charge in [0.2, 0.25) is 11.8 Å². The molecule has 6 atom stereocenters. The monoisotopic (exact) mass is 881 g/mol. The van der Waals surface area contributed by atoms with E-state index in [1.165, 1.54) is 42.5 Å². The topological polar surface area (TPSA) is 116 Å². The standard InChI is InChI=1S/C41H26ClF10N3O6/c42-21-3-1-18(2-4-21)38-30(35(58)55(37(38)60)53-23-7-5-22(43)6-8-23)17-28-26(33(38)29-16-25(9-12-31(29)56)61-41(50,51)52)10-11-27-32(28)36(59)54(34(27)57)24-14-19(39(44,45)46)13-20(15-24)40(47,48)49/h1-10,12-16,27-28,30,32-33,53,56H,11,17H2. The summed E-state index contributed by atoms with van der Waals surface area (Å²) in [7, 11) is 0. The van der Waals surface area contributed by atoms with E-state index in [-0.39, 0.29) is 44.9 Å². The summed E-state index contributed by atoms with van der Waals surface area (Å²) in [5.41, 5.74) is -4.51. The van der Waals surface area contributed by atoms with Gasteiger partial charge in [0.25, 0.3) is 11.8 Å². The molecule has 318 valence electrons. The second-order valence-corrected chi connectivity index (χ2v) is 15.4. The lowest BCUT2D eigenvalue weighted by molar-refractivity contribution is -0.274. The van der Waals surface area contributed by atoms with Gasteiger partial charge in [-0.1, -0.05) is 35.4 Å². The third kappa shape index (κ3) is 6.91. The van der Waals surface area contributed by atoms with Crippen molar-refractivity contribution in [2.24, 2.45) is 23.7 Å². The molecule has 0 bridgehead atoms. The number of amides is 4. The summed E-state index contributed by atoms with van der Waals surface area (Å²) in [5.74, 6) is -14.3. The summed E-state index contributed by atoms with van der Waals surface area (Å²) in [6.07, 6.45) is -15.5. The molecule has 20 heteroatoms. The normalized spacial score (nSPS) is 25.3. The van der Waals surface area contributed by atoms with Crippen LogP contribution in [0.5, 0.6) is 11.5 Å². The second kappa shape index (κ2) is 14.2. The number of carbonyl (C=O) groups is 4. The van der Waals surface area contributed by atoms with Gasteiger partial charge >= 0.3 is 18.7 Å². The fourth-order valence-corrected chi connectivity index (χ4v) is 9.41. The number of fused-ring (bicyclic) bond motifs is 4. The zero-order valence-electron chi connectivity index (χ0n) is 30.5. The molecule has 61 heavy (non-hydrogen) atoms. The first kappa shape index (κ1) is 41.6. The molecule has 2 aliphatic carbocycles. The number of phenols is 1. The molecule has 1 saturated carbocycles. The number of nitrogens with zero attached hydrogens (tertiary/aromatic N) is 2. The van der Waals surface area contributed by atoms with E-state index >= 15 is 4.79 Å². The van der Waals surface area contributed by atoms with Crippen LogP contribution in [0.1, 0.15) is 41.0 Å². The molecule has 9 nitrogen and oxygen atoms in total. The Bertz CT molecular complexity index is 2490. The molecule has 0 spiro atoms. The summed E-state index contributed by atoms with van der Waals surface area (Å²) in [6, 6.07) is 12.5. The number of hydrogen-bond donors (Lipinski definition) is 2. The molecule has 2 saturated heterocycles. The average molecular weight is 882 g/mol. The molecule has 2 heterocycles. The van der Waals surface area contributed by atoms with E-state index in [9.17, 15) is 63.4 Å². The highest BCUT2D eigenvalue weighted by molar-refractivity contribution is 6.30. The first-order valence-electron chi connectivity index (χ1n) is 18.1. The Labute approximate surface area is 342 Å². The van der Waals surface area contributed by atoms with Gasteiger partial charge in [0, 0.05) is 16.5 Å². The van der Waals surface area contributed by atoms with E-state index in [0.717, 1.165) is 30.3 Å². The number of nitrogens with one attached hydrogen (secondary N) is 1. The van der Waals surface area contributed by atoms with E-state index in [1.54, 1.807) is 0 Å². The van der Waals surface area contributed by atoms with Crippen molar-refractivity contribution in [3.05, 3.63) is 130 Å². The number of aromatic hydroxyl groups is 1. The van der Waals surface area contributed by atoms with Crippen molar-refractivity contribution in [2.75, 3.05) is 10.3 Å². The van der Waals surface area contributed by atoms with Gasteiger partial charge in [-0.3, -0.25) is 24.6 Å². The van der Waals surface area contributed by atoms with Crippen LogP contribution < -0.4 is 15.1 Å². The Balaban J connectivity index is 1.33. The third-order valence-electron chi connectivity index (χ3n) is 11.6. The van der Waals surface area contributed by atoms with Crippen molar-refractivity contribution in [3.8, 4) is 11.5 Å². The summed E-state index contributed by atoms with van der Waals surface area (Å²) >= 11 is 6.22. The molecule has 8 rings (SSSR count). The van der Waals surface area contributed by atoms with Crippen LogP contribution in [0.4, 0.5) is 55.3 Å². The molecule has 3 fully saturated rings. The van der Waals surface area contributed by atoms with Gasteiger partial charge in [-0.15, -0.1) is 13.2 Å². The Hall–Kier alpha value is -6.11. The quantitative estimate of drug-likeness (QED) is 0.113. The van der Waals surface area contributed by atoms with Crippen LogP contribution in [-0.4, -0.2) is 40.1 Å². The molecular formula is C41H26ClF10N3O6. The molecule has 4 amide bonds. The smallest absolute Gasteiger partial charge is 0.508 e. The first-order valence-corrected chi connectivity index (χ1v) is 18.5. The maximum absolute atomic E-state index is 15.2. The Morgan fingerprint density at radius 3 is 1.97 bits per heavy atom. The van der Waals surface area contributed by atoms with Gasteiger partial charge in [0.05, 0.1) is 45.7 Å². The number of allylic oxidation sites excluding steroid dienone is 2. The number of halogens is 11. The van der Waals surface area contributed by atoms with Crippen LogP contribution in [0.2, 0.25) is 5.02 Å². The lowest BCUT2D eigenvalue weighted by Crippen LogP contribution is -2.53. The molecule has 4 aliphatic rings. The fourth-order valence-electron chi connectivity index (χ4n) is 9.28. The zero-order valence-corrected chi connectivity index (χ0v) is 31.3. The number of hydrogen-bond acceptors (Lipinski definition) is 7. The summed E-state index contributed by atoms with van der Waals surface area (Å²) in [4.78, 5) is 58.7. The molecular weight excluding hydrogens is 856 g/mol. The van der Waals surface area contributed by atoms with Crippen molar-refractivity contribution in [1.82, 2.24) is 5.01 Å². The third-order valence-corrected chi connectivity index (χ3v) is 11.9. The fraction of sp³-hybridized carbons (Fsp3) is 0.268. The highest BCUT2D eigenvalue weighted by Crippen LogP contribution is 2.65. The minimum atomic E-state index is -5.35. The number of alkyl halides is 9. The largest absolute Gasteiger partial charge is 0.573 e. The van der Waals surface area contributed by atoms with Gasteiger partial charge in [0.15, 0.2) is 0 Å². The highest BCUT2D eigenvalue weighted by Gasteiger charge is 2.71. The number of ether oxygens (including phenoxy) is 1. The van der Waals surface area contributed by atoms with Crippen LogP contribution in [0.3, 0.4) is 0 Å². The van der Waals surface area contributed by atoms with Crippen molar-refractivity contribution in [1.29, 1.82) is 0 Å².